The van der Waals surface area contributed by atoms with Crippen LogP contribution in [0.3, 0.4) is 0 Å². The lowest BCUT2D eigenvalue weighted by atomic mass is 9.95. The lowest BCUT2D eigenvalue weighted by molar-refractivity contribution is 0.00256. The van der Waals surface area contributed by atoms with E-state index in [4.69, 9.17) is 5.73 Å². The van der Waals surface area contributed by atoms with Crippen molar-refractivity contribution in [2.75, 3.05) is 5.73 Å². The van der Waals surface area contributed by atoms with Crippen LogP contribution in [0, 0.1) is 5.92 Å². The molecule has 1 aromatic rings. The summed E-state index contributed by atoms with van der Waals surface area (Å²) in [5.74, 6) is -2.66. The normalized spacial score (nSPS) is 24.8. The molecule has 1 aromatic carbocycles. The minimum absolute atomic E-state index is 0.0609. The topological polar surface area (TPSA) is 46.2 Å². The van der Waals surface area contributed by atoms with Gasteiger partial charge < -0.3 is 10.8 Å². The fourth-order valence-electron chi connectivity index (χ4n) is 2.50. The highest BCUT2D eigenvalue weighted by atomic mass is 19.3. The molecule has 2 rings (SSSR count). The maximum Gasteiger partial charge on any atom is 0.248 e. The quantitative estimate of drug-likeness (QED) is 0.799. The summed E-state index contributed by atoms with van der Waals surface area (Å²) in [6.07, 6.45) is -0.0680. The monoisotopic (exact) mass is 241 g/mol. The van der Waals surface area contributed by atoms with Gasteiger partial charge in [-0.3, -0.25) is 0 Å². The van der Waals surface area contributed by atoms with E-state index >= 15 is 0 Å². The van der Waals surface area contributed by atoms with Crippen LogP contribution in [-0.4, -0.2) is 11.0 Å². The number of para-hydroxylation sites is 1. The summed E-state index contributed by atoms with van der Waals surface area (Å²) in [6, 6.07) is 7.03. The number of halogens is 2. The molecule has 0 amide bonds. The first-order valence-electron chi connectivity index (χ1n) is 5.88. The Labute approximate surface area is 99.4 Å². The molecular formula is C13H17F2NO. The Bertz CT molecular complexity index is 395. The average molecular weight is 241 g/mol. The molecule has 1 aliphatic carbocycles. The summed E-state index contributed by atoms with van der Waals surface area (Å²) in [7, 11) is 0. The lowest BCUT2D eigenvalue weighted by Gasteiger charge is -2.17. The van der Waals surface area contributed by atoms with E-state index in [1.807, 2.05) is 0 Å². The van der Waals surface area contributed by atoms with Gasteiger partial charge in [0.25, 0.3) is 0 Å². The molecule has 17 heavy (non-hydrogen) atoms. The first-order chi connectivity index (χ1) is 7.98. The van der Waals surface area contributed by atoms with Crippen molar-refractivity contribution in [3.05, 3.63) is 29.8 Å². The zero-order valence-electron chi connectivity index (χ0n) is 9.57. The number of aliphatic hydroxyl groups excluding tert-OH is 1. The van der Waals surface area contributed by atoms with E-state index in [-0.39, 0.29) is 18.8 Å². The fraction of sp³-hybridized carbons (Fsp3) is 0.538. The highest BCUT2D eigenvalue weighted by molar-refractivity contribution is 5.47. The number of nitrogens with two attached hydrogens (primary N) is 1. The third-order valence-corrected chi connectivity index (χ3v) is 3.42. The second-order valence-electron chi connectivity index (χ2n) is 4.85. The van der Waals surface area contributed by atoms with E-state index < -0.39 is 12.0 Å². The van der Waals surface area contributed by atoms with Crippen molar-refractivity contribution < 1.29 is 13.9 Å². The van der Waals surface area contributed by atoms with Gasteiger partial charge in [0.2, 0.25) is 5.92 Å². The Hall–Kier alpha value is -1.16. The van der Waals surface area contributed by atoms with E-state index in [1.54, 1.807) is 24.3 Å². The predicted molar refractivity (Wildman–Crippen MR) is 62.7 cm³/mol. The SMILES string of the molecule is Nc1ccccc1C(O)CC1CCC(F)(F)C1. The highest BCUT2D eigenvalue weighted by Gasteiger charge is 2.39. The number of hydrogen-bond donors (Lipinski definition) is 2. The zero-order chi connectivity index (χ0) is 12.5. The van der Waals surface area contributed by atoms with Gasteiger partial charge in [-0.15, -0.1) is 0 Å². The zero-order valence-corrected chi connectivity index (χ0v) is 9.57. The number of benzene rings is 1. The summed E-state index contributed by atoms with van der Waals surface area (Å²) < 4.78 is 26.0. The Morgan fingerprint density at radius 2 is 2.12 bits per heavy atom. The molecule has 0 aliphatic heterocycles. The minimum Gasteiger partial charge on any atom is -0.398 e. The van der Waals surface area contributed by atoms with Gasteiger partial charge in [-0.05, 0) is 24.8 Å². The molecule has 1 fully saturated rings. The smallest absolute Gasteiger partial charge is 0.248 e. The largest absolute Gasteiger partial charge is 0.398 e. The standard InChI is InChI=1S/C13H17F2NO/c14-13(15)6-5-9(8-13)7-12(17)10-3-1-2-4-11(10)16/h1-4,9,12,17H,5-8,16H2. The molecule has 2 nitrogen and oxygen atoms in total. The van der Waals surface area contributed by atoms with Crippen LogP contribution in [0.5, 0.6) is 0 Å². The van der Waals surface area contributed by atoms with E-state index in [1.165, 1.54) is 0 Å². The van der Waals surface area contributed by atoms with Crippen LogP contribution in [0.25, 0.3) is 0 Å². The summed E-state index contributed by atoms with van der Waals surface area (Å²) >= 11 is 0. The minimum atomic E-state index is -2.55. The van der Waals surface area contributed by atoms with Crippen LogP contribution in [0.2, 0.25) is 0 Å². The van der Waals surface area contributed by atoms with Gasteiger partial charge in [0.15, 0.2) is 0 Å². The van der Waals surface area contributed by atoms with E-state index in [0.29, 0.717) is 24.1 Å². The van der Waals surface area contributed by atoms with E-state index in [0.717, 1.165) is 0 Å². The Balaban J connectivity index is 1.99. The van der Waals surface area contributed by atoms with Crippen LogP contribution in [0.15, 0.2) is 24.3 Å². The fourth-order valence-corrected chi connectivity index (χ4v) is 2.50. The van der Waals surface area contributed by atoms with Gasteiger partial charge in [-0.25, -0.2) is 8.78 Å². The van der Waals surface area contributed by atoms with Gasteiger partial charge in [-0.2, -0.15) is 0 Å². The maximum atomic E-state index is 13.0. The van der Waals surface area contributed by atoms with Crippen LogP contribution < -0.4 is 5.73 Å². The molecule has 0 spiro atoms. The van der Waals surface area contributed by atoms with Gasteiger partial charge in [0.1, 0.15) is 0 Å². The molecule has 0 aromatic heterocycles. The molecule has 3 N–H and O–H groups in total. The number of rotatable bonds is 3. The van der Waals surface area contributed by atoms with Crippen molar-refractivity contribution in [3.63, 3.8) is 0 Å². The second kappa shape index (κ2) is 4.61. The second-order valence-corrected chi connectivity index (χ2v) is 4.85. The number of anilines is 1. The van der Waals surface area contributed by atoms with Crippen molar-refractivity contribution in [2.24, 2.45) is 5.92 Å². The summed E-state index contributed by atoms with van der Waals surface area (Å²) in [6.45, 7) is 0. The maximum absolute atomic E-state index is 13.0. The first kappa shape index (κ1) is 12.3. The first-order valence-corrected chi connectivity index (χ1v) is 5.88. The van der Waals surface area contributed by atoms with Crippen LogP contribution in [-0.2, 0) is 0 Å². The third-order valence-electron chi connectivity index (χ3n) is 3.42. The lowest BCUT2D eigenvalue weighted by Crippen LogP contribution is -2.11. The summed E-state index contributed by atoms with van der Waals surface area (Å²) in [4.78, 5) is 0. The average Bonchev–Trinajstić information content (AvgIpc) is 2.58. The number of aliphatic hydroxyl groups is 1. The molecule has 2 unspecified atom stereocenters. The Kier molecular flexibility index (Phi) is 3.33. The van der Waals surface area contributed by atoms with Crippen molar-refractivity contribution in [1.29, 1.82) is 0 Å². The molecule has 4 heteroatoms. The van der Waals surface area contributed by atoms with Crippen molar-refractivity contribution in [3.8, 4) is 0 Å². The molecule has 0 radical (unpaired) electrons. The molecule has 0 bridgehead atoms. The van der Waals surface area contributed by atoms with Gasteiger partial charge in [0.05, 0.1) is 6.10 Å². The third kappa shape index (κ3) is 2.94. The van der Waals surface area contributed by atoms with Crippen LogP contribution >= 0.6 is 0 Å². The molecule has 1 saturated carbocycles. The van der Waals surface area contributed by atoms with Crippen molar-refractivity contribution >= 4 is 5.69 Å². The molecule has 94 valence electrons. The summed E-state index contributed by atoms with van der Waals surface area (Å²) in [5.41, 5.74) is 6.90. The predicted octanol–water partition coefficient (Wildman–Crippen LogP) is 3.13. The molecular weight excluding hydrogens is 224 g/mol. The van der Waals surface area contributed by atoms with Gasteiger partial charge in [0, 0.05) is 24.1 Å². The Morgan fingerprint density at radius 3 is 2.71 bits per heavy atom. The molecule has 1 aliphatic rings. The van der Waals surface area contributed by atoms with Crippen LogP contribution in [0.1, 0.15) is 37.4 Å². The molecule has 0 saturated heterocycles. The van der Waals surface area contributed by atoms with Gasteiger partial charge >= 0.3 is 0 Å². The van der Waals surface area contributed by atoms with Crippen LogP contribution in [0.4, 0.5) is 14.5 Å². The van der Waals surface area contributed by atoms with Crippen molar-refractivity contribution in [1.82, 2.24) is 0 Å². The number of alkyl halides is 2. The molecule has 0 heterocycles. The molecule has 2 atom stereocenters. The van der Waals surface area contributed by atoms with E-state index in [9.17, 15) is 13.9 Å². The highest BCUT2D eigenvalue weighted by Crippen LogP contribution is 2.42. The van der Waals surface area contributed by atoms with E-state index in [2.05, 4.69) is 0 Å². The number of hydrogen-bond acceptors (Lipinski definition) is 2. The summed E-state index contributed by atoms with van der Waals surface area (Å²) in [5, 5.41) is 10.0. The van der Waals surface area contributed by atoms with Gasteiger partial charge in [-0.1, -0.05) is 18.2 Å². The number of nitrogen functional groups attached to an aromatic ring is 1. The Morgan fingerprint density at radius 1 is 1.41 bits per heavy atom. The van der Waals surface area contributed by atoms with Crippen molar-refractivity contribution in [2.45, 2.75) is 37.7 Å².